The first-order valence-electron chi connectivity index (χ1n) is 6.58. The van der Waals surface area contributed by atoms with Gasteiger partial charge in [-0.15, -0.1) is 0 Å². The van der Waals surface area contributed by atoms with Crippen LogP contribution < -0.4 is 11.1 Å². The molecule has 2 aromatic rings. The molecule has 122 valence electrons. The molecule has 23 heavy (non-hydrogen) atoms. The Balaban J connectivity index is 2.00. The Kier molecular flexibility index (Phi) is 5.22. The third-order valence-corrected chi connectivity index (χ3v) is 4.69. The van der Waals surface area contributed by atoms with Crippen molar-refractivity contribution in [3.05, 3.63) is 36.0 Å². The van der Waals surface area contributed by atoms with E-state index in [0.717, 1.165) is 23.7 Å². The summed E-state index contributed by atoms with van der Waals surface area (Å²) in [5.74, 6) is 0.150. The number of carbonyl (C=O) groups excluding carboxylic acids is 1. The standard InChI is InChI=1S/C14H16N4O3S2/c1-9-6-12(15)18-14(16-9)22-8-13(19)17-10-4-3-5-11(7-10)23(2,20)21/h3-7H,8H2,1-2H3,(H,17,19)(H2,15,16,18). The summed E-state index contributed by atoms with van der Waals surface area (Å²) in [6.07, 6.45) is 1.11. The molecule has 1 aromatic carbocycles. The molecule has 1 amide bonds. The van der Waals surface area contributed by atoms with Crippen LogP contribution in [-0.4, -0.2) is 36.3 Å². The minimum absolute atomic E-state index is 0.0893. The lowest BCUT2D eigenvalue weighted by atomic mass is 10.3. The zero-order valence-electron chi connectivity index (χ0n) is 12.6. The van der Waals surface area contributed by atoms with Crippen molar-refractivity contribution in [1.82, 2.24) is 9.97 Å². The number of sulfone groups is 1. The summed E-state index contributed by atoms with van der Waals surface area (Å²) in [7, 11) is -3.32. The van der Waals surface area contributed by atoms with Crippen molar-refractivity contribution in [2.45, 2.75) is 17.0 Å². The fourth-order valence-electron chi connectivity index (χ4n) is 1.76. The lowest BCUT2D eigenvalue weighted by molar-refractivity contribution is -0.113. The molecule has 7 nitrogen and oxygen atoms in total. The average molecular weight is 352 g/mol. The Hall–Kier alpha value is -2.13. The van der Waals surface area contributed by atoms with E-state index in [1.807, 2.05) is 0 Å². The highest BCUT2D eigenvalue weighted by atomic mass is 32.2. The zero-order chi connectivity index (χ0) is 17.0. The third kappa shape index (κ3) is 5.22. The number of anilines is 2. The van der Waals surface area contributed by atoms with E-state index in [9.17, 15) is 13.2 Å². The Morgan fingerprint density at radius 2 is 2.04 bits per heavy atom. The molecule has 0 aliphatic heterocycles. The van der Waals surface area contributed by atoms with Gasteiger partial charge in [0.1, 0.15) is 5.82 Å². The minimum Gasteiger partial charge on any atom is -0.384 e. The van der Waals surface area contributed by atoms with Gasteiger partial charge in [-0.3, -0.25) is 4.79 Å². The van der Waals surface area contributed by atoms with Gasteiger partial charge in [0.05, 0.1) is 10.6 Å². The summed E-state index contributed by atoms with van der Waals surface area (Å²) < 4.78 is 23.0. The number of nitrogens with one attached hydrogen (secondary N) is 1. The van der Waals surface area contributed by atoms with Crippen molar-refractivity contribution in [2.75, 3.05) is 23.1 Å². The number of carbonyl (C=O) groups is 1. The van der Waals surface area contributed by atoms with Crippen LogP contribution in [0.2, 0.25) is 0 Å². The fourth-order valence-corrected chi connectivity index (χ4v) is 3.14. The molecular weight excluding hydrogens is 336 g/mol. The van der Waals surface area contributed by atoms with Crippen LogP contribution in [0.25, 0.3) is 0 Å². The molecule has 9 heteroatoms. The van der Waals surface area contributed by atoms with E-state index < -0.39 is 9.84 Å². The molecule has 0 bridgehead atoms. The number of aromatic nitrogens is 2. The molecule has 3 N–H and O–H groups in total. The van der Waals surface area contributed by atoms with Gasteiger partial charge < -0.3 is 11.1 Å². The van der Waals surface area contributed by atoms with Crippen LogP contribution in [-0.2, 0) is 14.6 Å². The Labute approximate surface area is 138 Å². The largest absolute Gasteiger partial charge is 0.384 e. The first-order valence-corrected chi connectivity index (χ1v) is 9.46. The second kappa shape index (κ2) is 6.97. The minimum atomic E-state index is -3.32. The second-order valence-electron chi connectivity index (χ2n) is 4.85. The quantitative estimate of drug-likeness (QED) is 0.619. The molecule has 0 fully saturated rings. The molecule has 0 radical (unpaired) electrons. The van der Waals surface area contributed by atoms with Crippen molar-refractivity contribution < 1.29 is 13.2 Å². The highest BCUT2D eigenvalue weighted by Crippen LogP contribution is 2.18. The van der Waals surface area contributed by atoms with Crippen LogP contribution in [0.4, 0.5) is 11.5 Å². The lowest BCUT2D eigenvalue weighted by Crippen LogP contribution is -2.14. The van der Waals surface area contributed by atoms with Crippen molar-refractivity contribution >= 4 is 39.0 Å². The summed E-state index contributed by atoms with van der Waals surface area (Å²) in [4.78, 5) is 20.3. The smallest absolute Gasteiger partial charge is 0.234 e. The number of benzene rings is 1. The van der Waals surface area contributed by atoms with Gasteiger partial charge in [-0.2, -0.15) is 0 Å². The number of nitrogen functional groups attached to an aromatic ring is 1. The van der Waals surface area contributed by atoms with Gasteiger partial charge in [-0.25, -0.2) is 18.4 Å². The first kappa shape index (κ1) is 17.2. The molecule has 0 atom stereocenters. The molecule has 0 spiro atoms. The van der Waals surface area contributed by atoms with E-state index in [1.54, 1.807) is 25.1 Å². The number of thioether (sulfide) groups is 1. The molecule has 1 aromatic heterocycles. The Bertz CT molecular complexity index is 817. The summed E-state index contributed by atoms with van der Waals surface area (Å²) in [5, 5.41) is 3.06. The van der Waals surface area contributed by atoms with Crippen LogP contribution in [0.5, 0.6) is 0 Å². The molecule has 0 saturated carbocycles. The van der Waals surface area contributed by atoms with E-state index in [1.165, 1.54) is 12.1 Å². The number of nitrogens with zero attached hydrogens (tertiary/aromatic N) is 2. The molecule has 0 aliphatic rings. The van der Waals surface area contributed by atoms with Gasteiger partial charge >= 0.3 is 0 Å². The maximum absolute atomic E-state index is 11.9. The van der Waals surface area contributed by atoms with Crippen LogP contribution >= 0.6 is 11.8 Å². The number of rotatable bonds is 5. The van der Waals surface area contributed by atoms with Gasteiger partial charge in [-0.1, -0.05) is 17.8 Å². The molecule has 0 unspecified atom stereocenters. The molecule has 0 saturated heterocycles. The number of nitrogens with two attached hydrogens (primary N) is 1. The van der Waals surface area contributed by atoms with Crippen molar-refractivity contribution in [1.29, 1.82) is 0 Å². The lowest BCUT2D eigenvalue weighted by Gasteiger charge is -2.07. The zero-order valence-corrected chi connectivity index (χ0v) is 14.2. The highest BCUT2D eigenvalue weighted by Gasteiger charge is 2.10. The van der Waals surface area contributed by atoms with Crippen molar-refractivity contribution in [3.8, 4) is 0 Å². The number of hydrogen-bond acceptors (Lipinski definition) is 7. The number of amides is 1. The van der Waals surface area contributed by atoms with Crippen molar-refractivity contribution in [2.24, 2.45) is 0 Å². The predicted octanol–water partition coefficient (Wildman–Crippen LogP) is 1.50. The van der Waals surface area contributed by atoms with Crippen LogP contribution in [0.3, 0.4) is 0 Å². The molecule has 0 aliphatic carbocycles. The maximum Gasteiger partial charge on any atom is 0.234 e. The third-order valence-electron chi connectivity index (χ3n) is 2.73. The van der Waals surface area contributed by atoms with Crippen LogP contribution in [0, 0.1) is 6.92 Å². The number of aryl methyl sites for hydroxylation is 1. The summed E-state index contributed by atoms with van der Waals surface area (Å²) in [6.45, 7) is 1.79. The average Bonchev–Trinajstić information content (AvgIpc) is 2.43. The van der Waals surface area contributed by atoms with E-state index >= 15 is 0 Å². The molecule has 1 heterocycles. The first-order chi connectivity index (χ1) is 10.7. The van der Waals surface area contributed by atoms with Gasteiger partial charge in [-0.05, 0) is 25.1 Å². The van der Waals surface area contributed by atoms with E-state index in [-0.39, 0.29) is 16.6 Å². The summed E-state index contributed by atoms with van der Waals surface area (Å²) in [5.41, 5.74) is 6.77. The monoisotopic (exact) mass is 352 g/mol. The topological polar surface area (TPSA) is 115 Å². The Morgan fingerprint density at radius 3 is 2.70 bits per heavy atom. The summed E-state index contributed by atoms with van der Waals surface area (Å²) >= 11 is 1.15. The number of hydrogen-bond donors (Lipinski definition) is 2. The van der Waals surface area contributed by atoms with Gasteiger partial charge in [0.15, 0.2) is 15.0 Å². The van der Waals surface area contributed by atoms with Gasteiger partial charge in [0.25, 0.3) is 0 Å². The van der Waals surface area contributed by atoms with E-state index in [4.69, 9.17) is 5.73 Å². The van der Waals surface area contributed by atoms with E-state index in [2.05, 4.69) is 15.3 Å². The maximum atomic E-state index is 11.9. The normalized spacial score (nSPS) is 11.2. The molecule has 2 rings (SSSR count). The second-order valence-corrected chi connectivity index (χ2v) is 7.81. The Morgan fingerprint density at radius 1 is 1.30 bits per heavy atom. The van der Waals surface area contributed by atoms with Crippen LogP contribution in [0.1, 0.15) is 5.69 Å². The van der Waals surface area contributed by atoms with E-state index in [0.29, 0.717) is 16.7 Å². The summed E-state index contributed by atoms with van der Waals surface area (Å²) in [6, 6.07) is 7.73. The fraction of sp³-hybridized carbons (Fsp3) is 0.214. The predicted molar refractivity (Wildman–Crippen MR) is 90.1 cm³/mol. The SMILES string of the molecule is Cc1cc(N)nc(SCC(=O)Nc2cccc(S(C)(=O)=O)c2)n1. The van der Waals surface area contributed by atoms with Crippen molar-refractivity contribution in [3.63, 3.8) is 0 Å². The highest BCUT2D eigenvalue weighted by molar-refractivity contribution is 7.99. The van der Waals surface area contributed by atoms with Crippen LogP contribution in [0.15, 0.2) is 40.4 Å². The molecular formula is C14H16N4O3S2. The van der Waals surface area contributed by atoms with Gasteiger partial charge in [0, 0.05) is 23.7 Å². The van der Waals surface area contributed by atoms with Gasteiger partial charge in [0.2, 0.25) is 5.91 Å².